The molecule has 1 aliphatic carbocycles. The van der Waals surface area contributed by atoms with Gasteiger partial charge in [0.05, 0.1) is 19.1 Å². The smallest absolute Gasteiger partial charge is 0.405 e. The summed E-state index contributed by atoms with van der Waals surface area (Å²) in [5.74, 6) is -2.65. The maximum absolute atomic E-state index is 14.2. The number of amides is 2. The third kappa shape index (κ3) is 4.51. The zero-order chi connectivity index (χ0) is 24.3. The lowest BCUT2D eigenvalue weighted by atomic mass is 9.66. The Kier molecular flexibility index (Phi) is 7.16. The Balaban J connectivity index is 1.81. The number of nitrogens with zero attached hydrogens (tertiary/aromatic N) is 3. The Morgan fingerprint density at radius 2 is 1.88 bits per heavy atom. The van der Waals surface area contributed by atoms with E-state index in [4.69, 9.17) is 19.6 Å². The number of nitrogens with two attached hydrogens (primary N) is 1. The van der Waals surface area contributed by atoms with Crippen LogP contribution >= 0.6 is 0 Å². The van der Waals surface area contributed by atoms with Crippen LogP contribution in [-0.4, -0.2) is 64.6 Å². The molecular formula is C24H32N4O6. The molecule has 2 fully saturated rings. The van der Waals surface area contributed by atoms with E-state index in [2.05, 4.69) is 9.97 Å². The maximum atomic E-state index is 14.2. The molecule has 1 saturated carbocycles. The van der Waals surface area contributed by atoms with Crippen molar-refractivity contribution in [2.24, 2.45) is 23.5 Å². The first-order chi connectivity index (χ1) is 16.3. The fourth-order valence-corrected chi connectivity index (χ4v) is 5.45. The molecule has 2 aromatic rings. The standard InChI is InChI=1S/C24H32N4O6/c1-15(17-7-4-3-5-8-17)24(34-23(25)31,16(2)22(30)28-11-13-32-14-12-28)19(29)21-27-18-9-6-10-26-20(18)33-21/h6,9-10,15-17H,3-5,7-8,11-14H2,1-2H3,(H2,25,31). The Labute approximate surface area is 198 Å². The highest BCUT2D eigenvalue weighted by molar-refractivity contribution is 6.04. The first-order valence-electron chi connectivity index (χ1n) is 12.0. The van der Waals surface area contributed by atoms with Crippen molar-refractivity contribution in [3.05, 3.63) is 24.2 Å². The molecule has 2 aliphatic rings. The van der Waals surface area contributed by atoms with E-state index in [1.165, 1.54) is 6.20 Å². The first kappa shape index (κ1) is 24.1. The average molecular weight is 473 g/mol. The van der Waals surface area contributed by atoms with Crippen molar-refractivity contribution >= 4 is 29.0 Å². The van der Waals surface area contributed by atoms with Crippen molar-refractivity contribution in [1.29, 1.82) is 0 Å². The van der Waals surface area contributed by atoms with Crippen molar-refractivity contribution in [2.75, 3.05) is 26.3 Å². The molecule has 10 nitrogen and oxygen atoms in total. The summed E-state index contributed by atoms with van der Waals surface area (Å²) in [7, 11) is 0. The molecule has 0 aromatic carbocycles. The van der Waals surface area contributed by atoms with Crippen molar-refractivity contribution in [3.63, 3.8) is 0 Å². The number of primary amides is 1. The molecule has 3 heterocycles. The van der Waals surface area contributed by atoms with Gasteiger partial charge < -0.3 is 24.5 Å². The lowest BCUT2D eigenvalue weighted by Crippen LogP contribution is -2.61. The van der Waals surface area contributed by atoms with Gasteiger partial charge in [-0.1, -0.05) is 39.0 Å². The van der Waals surface area contributed by atoms with Gasteiger partial charge in [-0.3, -0.25) is 9.59 Å². The Morgan fingerprint density at radius 1 is 1.18 bits per heavy atom. The van der Waals surface area contributed by atoms with E-state index < -0.39 is 29.3 Å². The molecular weight excluding hydrogens is 440 g/mol. The summed E-state index contributed by atoms with van der Waals surface area (Å²) < 4.78 is 16.8. The van der Waals surface area contributed by atoms with Crippen LogP contribution in [0.1, 0.15) is 56.6 Å². The minimum absolute atomic E-state index is 0.0690. The highest BCUT2D eigenvalue weighted by Gasteiger charge is 2.58. The molecule has 2 N–H and O–H groups in total. The number of oxazole rings is 1. The molecule has 3 atom stereocenters. The topological polar surface area (TPSA) is 138 Å². The highest BCUT2D eigenvalue weighted by atomic mass is 16.6. The van der Waals surface area contributed by atoms with E-state index in [1.54, 1.807) is 24.0 Å². The summed E-state index contributed by atoms with van der Waals surface area (Å²) in [6.07, 6.45) is 5.27. The van der Waals surface area contributed by atoms with Crippen LogP contribution < -0.4 is 5.73 Å². The van der Waals surface area contributed by atoms with Gasteiger partial charge >= 0.3 is 6.09 Å². The van der Waals surface area contributed by atoms with E-state index in [-0.39, 0.29) is 23.4 Å². The van der Waals surface area contributed by atoms with Crippen LogP contribution in [0.25, 0.3) is 11.2 Å². The fourth-order valence-electron chi connectivity index (χ4n) is 5.45. The van der Waals surface area contributed by atoms with Crippen molar-refractivity contribution in [3.8, 4) is 0 Å². The monoisotopic (exact) mass is 472 g/mol. The Bertz CT molecular complexity index is 1010. The predicted molar refractivity (Wildman–Crippen MR) is 122 cm³/mol. The molecule has 4 rings (SSSR count). The quantitative estimate of drug-likeness (QED) is 0.607. The van der Waals surface area contributed by atoms with Gasteiger partial charge in [-0.05, 0) is 25.0 Å². The van der Waals surface area contributed by atoms with Crippen molar-refractivity contribution in [1.82, 2.24) is 14.9 Å². The number of hydrogen-bond acceptors (Lipinski definition) is 8. The van der Waals surface area contributed by atoms with Gasteiger partial charge in [0.25, 0.3) is 11.7 Å². The van der Waals surface area contributed by atoms with Crippen LogP contribution in [0.4, 0.5) is 4.79 Å². The number of fused-ring (bicyclic) bond motifs is 1. The average Bonchev–Trinajstić information content (AvgIpc) is 3.31. The number of hydrogen-bond donors (Lipinski definition) is 1. The summed E-state index contributed by atoms with van der Waals surface area (Å²) in [5, 5.41) is 0. The van der Waals surface area contributed by atoms with Gasteiger partial charge in [0.1, 0.15) is 5.52 Å². The lowest BCUT2D eigenvalue weighted by Gasteiger charge is -2.45. The number of morpholine rings is 1. The fraction of sp³-hybridized carbons (Fsp3) is 0.625. The van der Waals surface area contributed by atoms with Gasteiger partial charge in [-0.2, -0.15) is 0 Å². The maximum Gasteiger partial charge on any atom is 0.405 e. The predicted octanol–water partition coefficient (Wildman–Crippen LogP) is 2.95. The van der Waals surface area contributed by atoms with Gasteiger partial charge in [-0.25, -0.2) is 14.8 Å². The summed E-state index contributed by atoms with van der Waals surface area (Å²) in [6, 6.07) is 3.35. The number of ether oxygens (including phenoxy) is 2. The molecule has 0 radical (unpaired) electrons. The number of aromatic nitrogens is 2. The second-order valence-electron chi connectivity index (χ2n) is 9.24. The summed E-state index contributed by atoms with van der Waals surface area (Å²) in [6.45, 7) is 5.10. The zero-order valence-electron chi connectivity index (χ0n) is 19.7. The largest absolute Gasteiger partial charge is 0.433 e. The van der Waals surface area contributed by atoms with E-state index in [9.17, 15) is 14.4 Å². The van der Waals surface area contributed by atoms with Crippen LogP contribution in [0.3, 0.4) is 0 Å². The molecule has 1 aliphatic heterocycles. The minimum Gasteiger partial charge on any atom is -0.433 e. The van der Waals surface area contributed by atoms with E-state index in [0.717, 1.165) is 32.1 Å². The minimum atomic E-state index is -1.87. The van der Waals surface area contributed by atoms with E-state index in [0.29, 0.717) is 31.8 Å². The van der Waals surface area contributed by atoms with E-state index in [1.807, 2.05) is 6.92 Å². The number of carbonyl (C=O) groups excluding carboxylic acids is 3. The Hall–Kier alpha value is -3.01. The van der Waals surface area contributed by atoms with Crippen LogP contribution in [0, 0.1) is 17.8 Å². The number of Topliss-reactive ketones (excluding diaryl/α,β-unsaturated/α-hetero) is 1. The molecule has 184 valence electrons. The first-order valence-corrected chi connectivity index (χ1v) is 12.0. The number of rotatable bonds is 7. The number of ketones is 1. The molecule has 10 heteroatoms. The molecule has 1 saturated heterocycles. The third-order valence-electron chi connectivity index (χ3n) is 7.35. The Morgan fingerprint density at radius 3 is 2.53 bits per heavy atom. The summed E-state index contributed by atoms with van der Waals surface area (Å²) in [5.41, 5.74) is 4.25. The molecule has 34 heavy (non-hydrogen) atoms. The van der Waals surface area contributed by atoms with Gasteiger partial charge in [0.15, 0.2) is 5.60 Å². The third-order valence-corrected chi connectivity index (χ3v) is 7.35. The molecule has 0 spiro atoms. The van der Waals surface area contributed by atoms with Crippen molar-refractivity contribution in [2.45, 2.75) is 51.6 Å². The SMILES string of the molecule is CC(C(=O)N1CCOCC1)C(OC(N)=O)(C(=O)c1nc2cccnc2o1)C(C)C1CCCCC1. The van der Waals surface area contributed by atoms with Gasteiger partial charge in [-0.15, -0.1) is 0 Å². The van der Waals surface area contributed by atoms with Gasteiger partial charge in [0, 0.05) is 25.2 Å². The van der Waals surface area contributed by atoms with Crippen LogP contribution in [0.5, 0.6) is 0 Å². The molecule has 2 amide bonds. The second-order valence-corrected chi connectivity index (χ2v) is 9.24. The normalized spacial score (nSPS) is 20.9. The zero-order valence-corrected chi connectivity index (χ0v) is 19.7. The van der Waals surface area contributed by atoms with Crippen LogP contribution in [0.2, 0.25) is 0 Å². The van der Waals surface area contributed by atoms with Gasteiger partial charge in [0.2, 0.25) is 11.6 Å². The molecule has 0 bridgehead atoms. The lowest BCUT2D eigenvalue weighted by molar-refractivity contribution is -0.150. The molecule has 2 aromatic heterocycles. The summed E-state index contributed by atoms with van der Waals surface area (Å²) >= 11 is 0. The highest BCUT2D eigenvalue weighted by Crippen LogP contribution is 2.44. The van der Waals surface area contributed by atoms with Crippen LogP contribution in [-0.2, 0) is 14.3 Å². The van der Waals surface area contributed by atoms with Crippen molar-refractivity contribution < 1.29 is 28.3 Å². The number of pyridine rings is 1. The molecule has 3 unspecified atom stereocenters. The van der Waals surface area contributed by atoms with E-state index >= 15 is 0 Å². The number of carbonyl (C=O) groups is 3. The van der Waals surface area contributed by atoms with Crippen LogP contribution in [0.15, 0.2) is 22.7 Å². The summed E-state index contributed by atoms with van der Waals surface area (Å²) in [4.78, 5) is 50.1. The second kappa shape index (κ2) is 10.1.